The molecule has 1 aliphatic carbocycles. The minimum Gasteiger partial charge on any atom is -0.385 e. The Morgan fingerprint density at radius 2 is 1.82 bits per heavy atom. The van der Waals surface area contributed by atoms with Crippen LogP contribution in [-0.2, 0) is 5.60 Å². The average molecular weight is 253 g/mol. The standard InChI is InChI=1S/C15H21ClO/c1-11-8-9-14(2,3)10-15(11,17)12-4-6-13(16)7-5-12/h4-7,11,17H,8-10H2,1-3H3. The van der Waals surface area contributed by atoms with E-state index in [4.69, 9.17) is 11.6 Å². The van der Waals surface area contributed by atoms with E-state index in [1.165, 1.54) is 6.42 Å². The first-order chi connectivity index (χ1) is 7.83. The van der Waals surface area contributed by atoms with E-state index < -0.39 is 5.60 Å². The highest BCUT2D eigenvalue weighted by molar-refractivity contribution is 6.30. The van der Waals surface area contributed by atoms with Gasteiger partial charge in [0.25, 0.3) is 0 Å². The summed E-state index contributed by atoms with van der Waals surface area (Å²) in [6, 6.07) is 7.65. The van der Waals surface area contributed by atoms with Crippen LogP contribution in [0.1, 0.15) is 45.6 Å². The Kier molecular flexibility index (Phi) is 3.26. The minimum atomic E-state index is -0.702. The average Bonchev–Trinajstić information content (AvgIpc) is 2.24. The van der Waals surface area contributed by atoms with Gasteiger partial charge in [-0.2, -0.15) is 0 Å². The van der Waals surface area contributed by atoms with E-state index in [0.717, 1.165) is 23.4 Å². The summed E-state index contributed by atoms with van der Waals surface area (Å²) in [5.74, 6) is 0.303. The van der Waals surface area contributed by atoms with Gasteiger partial charge in [-0.3, -0.25) is 0 Å². The van der Waals surface area contributed by atoms with Crippen LogP contribution in [0.5, 0.6) is 0 Å². The van der Waals surface area contributed by atoms with Crippen molar-refractivity contribution in [3.8, 4) is 0 Å². The Labute approximate surface area is 109 Å². The van der Waals surface area contributed by atoms with Crippen LogP contribution in [0, 0.1) is 11.3 Å². The van der Waals surface area contributed by atoms with E-state index in [1.807, 2.05) is 24.3 Å². The predicted octanol–water partition coefficient (Wildman–Crippen LogP) is 4.37. The van der Waals surface area contributed by atoms with E-state index in [0.29, 0.717) is 5.92 Å². The van der Waals surface area contributed by atoms with Gasteiger partial charge in [0.1, 0.15) is 0 Å². The van der Waals surface area contributed by atoms with E-state index in [-0.39, 0.29) is 5.41 Å². The molecule has 0 aliphatic heterocycles. The second-order valence-corrected chi connectivity index (χ2v) is 6.65. The Hall–Kier alpha value is -0.530. The van der Waals surface area contributed by atoms with Crippen molar-refractivity contribution in [3.63, 3.8) is 0 Å². The largest absolute Gasteiger partial charge is 0.385 e. The molecular weight excluding hydrogens is 232 g/mol. The zero-order chi connectivity index (χ0) is 12.7. The van der Waals surface area contributed by atoms with Gasteiger partial charge in [-0.05, 0) is 48.3 Å². The molecule has 94 valence electrons. The third-order valence-electron chi connectivity index (χ3n) is 4.16. The number of aliphatic hydroxyl groups is 1. The summed E-state index contributed by atoms with van der Waals surface area (Å²) >= 11 is 5.91. The van der Waals surface area contributed by atoms with Gasteiger partial charge in [-0.25, -0.2) is 0 Å². The smallest absolute Gasteiger partial charge is 0.0927 e. The fraction of sp³-hybridized carbons (Fsp3) is 0.600. The molecule has 0 heterocycles. The molecule has 2 atom stereocenters. The zero-order valence-corrected chi connectivity index (χ0v) is 11.6. The Bertz CT molecular complexity index is 396. The second kappa shape index (κ2) is 4.29. The van der Waals surface area contributed by atoms with Crippen molar-refractivity contribution in [1.29, 1.82) is 0 Å². The molecule has 2 unspecified atom stereocenters. The molecule has 1 aliphatic rings. The Morgan fingerprint density at radius 3 is 2.41 bits per heavy atom. The van der Waals surface area contributed by atoms with E-state index >= 15 is 0 Å². The number of hydrogen-bond acceptors (Lipinski definition) is 1. The lowest BCUT2D eigenvalue weighted by Crippen LogP contribution is -2.42. The third kappa shape index (κ3) is 2.51. The van der Waals surface area contributed by atoms with Crippen molar-refractivity contribution in [2.45, 2.75) is 45.6 Å². The summed E-state index contributed by atoms with van der Waals surface area (Å²) in [6.07, 6.45) is 3.08. The lowest BCUT2D eigenvalue weighted by atomic mass is 9.63. The van der Waals surface area contributed by atoms with Gasteiger partial charge in [0.05, 0.1) is 5.60 Å². The van der Waals surface area contributed by atoms with E-state index in [1.54, 1.807) is 0 Å². The van der Waals surface area contributed by atoms with Gasteiger partial charge in [0.2, 0.25) is 0 Å². The monoisotopic (exact) mass is 252 g/mol. The van der Waals surface area contributed by atoms with Gasteiger partial charge >= 0.3 is 0 Å². The molecule has 0 saturated heterocycles. The first-order valence-corrected chi connectivity index (χ1v) is 6.70. The molecule has 0 bridgehead atoms. The molecule has 0 aromatic heterocycles. The van der Waals surface area contributed by atoms with Gasteiger partial charge in [-0.1, -0.05) is 44.5 Å². The lowest BCUT2D eigenvalue weighted by Gasteiger charge is -2.46. The summed E-state index contributed by atoms with van der Waals surface area (Å²) in [6.45, 7) is 6.61. The van der Waals surface area contributed by atoms with Crippen LogP contribution >= 0.6 is 11.6 Å². The van der Waals surface area contributed by atoms with Crippen molar-refractivity contribution < 1.29 is 5.11 Å². The van der Waals surface area contributed by atoms with Crippen LogP contribution < -0.4 is 0 Å². The summed E-state index contributed by atoms with van der Waals surface area (Å²) in [5.41, 5.74) is 0.509. The zero-order valence-electron chi connectivity index (χ0n) is 10.8. The van der Waals surface area contributed by atoms with Crippen LogP contribution in [0.3, 0.4) is 0 Å². The maximum absolute atomic E-state index is 11.0. The quantitative estimate of drug-likeness (QED) is 0.787. The van der Waals surface area contributed by atoms with Crippen molar-refractivity contribution >= 4 is 11.6 Å². The molecule has 2 heteroatoms. The van der Waals surface area contributed by atoms with Crippen LogP contribution in [0.25, 0.3) is 0 Å². The molecule has 1 aromatic carbocycles. The summed E-state index contributed by atoms with van der Waals surface area (Å²) in [7, 11) is 0. The molecule has 0 radical (unpaired) electrons. The number of benzene rings is 1. The number of halogens is 1. The molecule has 1 aromatic rings. The van der Waals surface area contributed by atoms with E-state index in [2.05, 4.69) is 20.8 Å². The molecule has 0 spiro atoms. The molecule has 1 fully saturated rings. The second-order valence-electron chi connectivity index (χ2n) is 6.21. The lowest BCUT2D eigenvalue weighted by molar-refractivity contribution is -0.0858. The van der Waals surface area contributed by atoms with Crippen LogP contribution in [-0.4, -0.2) is 5.11 Å². The Balaban J connectivity index is 2.35. The van der Waals surface area contributed by atoms with Crippen molar-refractivity contribution in [3.05, 3.63) is 34.9 Å². The van der Waals surface area contributed by atoms with Crippen molar-refractivity contribution in [2.24, 2.45) is 11.3 Å². The fourth-order valence-corrected chi connectivity index (χ4v) is 3.09. The molecule has 17 heavy (non-hydrogen) atoms. The first kappa shape index (κ1) is 12.9. The van der Waals surface area contributed by atoms with Crippen LogP contribution in [0.2, 0.25) is 5.02 Å². The van der Waals surface area contributed by atoms with Crippen molar-refractivity contribution in [2.75, 3.05) is 0 Å². The first-order valence-electron chi connectivity index (χ1n) is 6.32. The van der Waals surface area contributed by atoms with Gasteiger partial charge in [-0.15, -0.1) is 0 Å². The number of hydrogen-bond donors (Lipinski definition) is 1. The highest BCUT2D eigenvalue weighted by Gasteiger charge is 2.44. The summed E-state index contributed by atoms with van der Waals surface area (Å²) in [5, 5.41) is 11.7. The Morgan fingerprint density at radius 1 is 1.24 bits per heavy atom. The molecule has 0 amide bonds. The highest BCUT2D eigenvalue weighted by Crippen LogP contribution is 2.49. The maximum Gasteiger partial charge on any atom is 0.0927 e. The maximum atomic E-state index is 11.0. The molecular formula is C15H21ClO. The van der Waals surface area contributed by atoms with Crippen LogP contribution in [0.4, 0.5) is 0 Å². The van der Waals surface area contributed by atoms with E-state index in [9.17, 15) is 5.11 Å². The summed E-state index contributed by atoms with van der Waals surface area (Å²) in [4.78, 5) is 0. The van der Waals surface area contributed by atoms with Crippen molar-refractivity contribution in [1.82, 2.24) is 0 Å². The predicted molar refractivity (Wildman–Crippen MR) is 72.1 cm³/mol. The normalized spacial score (nSPS) is 32.4. The minimum absolute atomic E-state index is 0.209. The fourth-order valence-electron chi connectivity index (χ4n) is 2.96. The highest BCUT2D eigenvalue weighted by atomic mass is 35.5. The molecule has 2 rings (SSSR count). The van der Waals surface area contributed by atoms with Gasteiger partial charge < -0.3 is 5.11 Å². The SMILES string of the molecule is CC1CCC(C)(C)CC1(O)c1ccc(Cl)cc1. The summed E-state index contributed by atoms with van der Waals surface area (Å²) < 4.78 is 0. The third-order valence-corrected chi connectivity index (χ3v) is 4.41. The molecule has 1 saturated carbocycles. The number of rotatable bonds is 1. The molecule has 1 N–H and O–H groups in total. The van der Waals surface area contributed by atoms with Gasteiger partial charge in [0.15, 0.2) is 0 Å². The van der Waals surface area contributed by atoms with Gasteiger partial charge in [0, 0.05) is 5.02 Å². The topological polar surface area (TPSA) is 20.2 Å². The van der Waals surface area contributed by atoms with Crippen LogP contribution in [0.15, 0.2) is 24.3 Å². The molecule has 1 nitrogen and oxygen atoms in total.